The Bertz CT molecular complexity index is 694. The van der Waals surface area contributed by atoms with E-state index in [4.69, 9.17) is 9.47 Å². The minimum absolute atomic E-state index is 0.126. The summed E-state index contributed by atoms with van der Waals surface area (Å²) in [5.41, 5.74) is 2.29. The van der Waals surface area contributed by atoms with Gasteiger partial charge in [-0.3, -0.25) is 4.79 Å². The largest absolute Gasteiger partial charge is 0.349 e. The third-order valence-corrected chi connectivity index (χ3v) is 3.81. The van der Waals surface area contributed by atoms with Crippen molar-refractivity contribution in [2.75, 3.05) is 13.2 Å². The highest BCUT2D eigenvalue weighted by Gasteiger charge is 2.32. The predicted octanol–water partition coefficient (Wildman–Crippen LogP) is 2.06. The molecule has 3 rings (SSSR count). The number of para-hydroxylation sites is 1. The van der Waals surface area contributed by atoms with Crippen molar-refractivity contribution in [3.05, 3.63) is 47.8 Å². The second-order valence-electron chi connectivity index (χ2n) is 6.05. The van der Waals surface area contributed by atoms with E-state index in [0.717, 1.165) is 11.4 Å². The minimum atomic E-state index is -0.580. The van der Waals surface area contributed by atoms with E-state index in [-0.39, 0.29) is 12.0 Å². The van der Waals surface area contributed by atoms with Gasteiger partial charge in [0.2, 0.25) is 0 Å². The molecule has 1 N–H and O–H groups in total. The van der Waals surface area contributed by atoms with Crippen LogP contribution in [0, 0.1) is 6.92 Å². The van der Waals surface area contributed by atoms with Crippen LogP contribution in [0.3, 0.4) is 0 Å². The van der Waals surface area contributed by atoms with Gasteiger partial charge in [0.25, 0.3) is 5.91 Å². The summed E-state index contributed by atoms with van der Waals surface area (Å²) in [7, 11) is 0. The van der Waals surface area contributed by atoms with Crippen molar-refractivity contribution in [2.45, 2.75) is 32.7 Å². The molecule has 0 aliphatic carbocycles. The quantitative estimate of drug-likeness (QED) is 0.938. The van der Waals surface area contributed by atoms with Crippen LogP contribution in [-0.2, 0) is 9.47 Å². The zero-order chi connectivity index (χ0) is 16.4. The zero-order valence-corrected chi connectivity index (χ0v) is 13.6. The molecule has 1 atom stereocenters. The SMILES string of the molecule is Cc1c(C(=O)NCC2COC(C)(C)O2)cnn1-c1ccccc1. The second-order valence-corrected chi connectivity index (χ2v) is 6.05. The Labute approximate surface area is 135 Å². The van der Waals surface area contributed by atoms with E-state index in [0.29, 0.717) is 18.7 Å². The fourth-order valence-corrected chi connectivity index (χ4v) is 2.63. The van der Waals surface area contributed by atoms with Gasteiger partial charge in [0.15, 0.2) is 5.79 Å². The molecule has 1 saturated heterocycles. The fraction of sp³-hybridized carbons (Fsp3) is 0.412. The molecular formula is C17H21N3O3. The van der Waals surface area contributed by atoms with Crippen molar-refractivity contribution in [2.24, 2.45) is 0 Å². The van der Waals surface area contributed by atoms with Crippen LogP contribution in [0.1, 0.15) is 29.9 Å². The number of carbonyl (C=O) groups excluding carboxylic acids is 1. The van der Waals surface area contributed by atoms with E-state index in [1.165, 1.54) is 0 Å². The van der Waals surface area contributed by atoms with E-state index in [1.54, 1.807) is 10.9 Å². The number of benzene rings is 1. The first kappa shape index (κ1) is 15.7. The average molecular weight is 315 g/mol. The van der Waals surface area contributed by atoms with E-state index in [1.807, 2.05) is 51.1 Å². The predicted molar refractivity (Wildman–Crippen MR) is 85.5 cm³/mol. The van der Waals surface area contributed by atoms with Crippen LogP contribution in [-0.4, -0.2) is 40.7 Å². The molecule has 1 fully saturated rings. The van der Waals surface area contributed by atoms with Gasteiger partial charge in [-0.25, -0.2) is 4.68 Å². The molecule has 23 heavy (non-hydrogen) atoms. The molecule has 1 aliphatic heterocycles. The van der Waals surface area contributed by atoms with Crippen LogP contribution in [0.25, 0.3) is 5.69 Å². The van der Waals surface area contributed by atoms with Gasteiger partial charge in [0.1, 0.15) is 6.10 Å². The molecule has 0 saturated carbocycles. The molecule has 6 heteroatoms. The van der Waals surface area contributed by atoms with Crippen molar-refractivity contribution in [3.63, 3.8) is 0 Å². The highest BCUT2D eigenvalue weighted by molar-refractivity contribution is 5.95. The highest BCUT2D eigenvalue weighted by Crippen LogP contribution is 2.21. The Morgan fingerprint density at radius 1 is 1.39 bits per heavy atom. The Hall–Kier alpha value is -2.18. The van der Waals surface area contributed by atoms with Gasteiger partial charge in [-0.1, -0.05) is 18.2 Å². The van der Waals surface area contributed by atoms with Crippen LogP contribution in [0.5, 0.6) is 0 Å². The van der Waals surface area contributed by atoms with Crippen molar-refractivity contribution >= 4 is 5.91 Å². The number of rotatable bonds is 4. The van der Waals surface area contributed by atoms with Crippen LogP contribution < -0.4 is 5.32 Å². The summed E-state index contributed by atoms with van der Waals surface area (Å²) in [6.45, 7) is 6.51. The lowest BCUT2D eigenvalue weighted by atomic mass is 10.2. The van der Waals surface area contributed by atoms with Gasteiger partial charge in [0.05, 0.1) is 29.7 Å². The van der Waals surface area contributed by atoms with Gasteiger partial charge in [-0.05, 0) is 32.9 Å². The lowest BCUT2D eigenvalue weighted by Crippen LogP contribution is -2.34. The number of aromatic nitrogens is 2. The van der Waals surface area contributed by atoms with Crippen LogP contribution in [0.2, 0.25) is 0 Å². The molecule has 1 amide bonds. The third kappa shape index (κ3) is 3.43. The second kappa shape index (κ2) is 6.14. The van der Waals surface area contributed by atoms with Gasteiger partial charge in [0, 0.05) is 6.54 Å². The maximum atomic E-state index is 12.4. The maximum Gasteiger partial charge on any atom is 0.254 e. The topological polar surface area (TPSA) is 65.4 Å². The summed E-state index contributed by atoms with van der Waals surface area (Å²) in [6.07, 6.45) is 1.46. The zero-order valence-electron chi connectivity index (χ0n) is 13.6. The minimum Gasteiger partial charge on any atom is -0.349 e. The molecule has 0 spiro atoms. The lowest BCUT2D eigenvalue weighted by Gasteiger charge is -2.17. The molecule has 2 aromatic rings. The van der Waals surface area contributed by atoms with Gasteiger partial charge in [-0.2, -0.15) is 5.10 Å². The van der Waals surface area contributed by atoms with Crippen LogP contribution in [0.4, 0.5) is 0 Å². The molecule has 6 nitrogen and oxygen atoms in total. The van der Waals surface area contributed by atoms with E-state index in [9.17, 15) is 4.79 Å². The summed E-state index contributed by atoms with van der Waals surface area (Å²) in [4.78, 5) is 12.4. The third-order valence-electron chi connectivity index (χ3n) is 3.81. The van der Waals surface area contributed by atoms with Crippen LogP contribution >= 0.6 is 0 Å². The van der Waals surface area contributed by atoms with Gasteiger partial charge < -0.3 is 14.8 Å². The van der Waals surface area contributed by atoms with E-state index in [2.05, 4.69) is 10.4 Å². The Morgan fingerprint density at radius 3 is 2.78 bits per heavy atom. The highest BCUT2D eigenvalue weighted by atomic mass is 16.7. The van der Waals surface area contributed by atoms with Gasteiger partial charge in [-0.15, -0.1) is 0 Å². The van der Waals surface area contributed by atoms with Crippen LogP contribution in [0.15, 0.2) is 36.5 Å². The Kier molecular flexibility index (Phi) is 4.19. The molecule has 1 aliphatic rings. The number of amides is 1. The van der Waals surface area contributed by atoms with Gasteiger partial charge >= 0.3 is 0 Å². The number of ether oxygens (including phenoxy) is 2. The molecule has 2 heterocycles. The number of carbonyl (C=O) groups is 1. The maximum absolute atomic E-state index is 12.4. The molecule has 0 bridgehead atoms. The van der Waals surface area contributed by atoms with E-state index >= 15 is 0 Å². The Balaban J connectivity index is 1.66. The average Bonchev–Trinajstić information content (AvgIpc) is 3.08. The van der Waals surface area contributed by atoms with Crippen molar-refractivity contribution in [1.82, 2.24) is 15.1 Å². The fourth-order valence-electron chi connectivity index (χ4n) is 2.63. The molecule has 1 unspecified atom stereocenters. The number of nitrogens with one attached hydrogen (secondary N) is 1. The Morgan fingerprint density at radius 2 is 2.13 bits per heavy atom. The monoisotopic (exact) mass is 315 g/mol. The number of hydrogen-bond donors (Lipinski definition) is 1. The summed E-state index contributed by atoms with van der Waals surface area (Å²) in [5.74, 6) is -0.734. The first-order chi connectivity index (χ1) is 11.0. The molecule has 1 aromatic heterocycles. The molecule has 1 aromatic carbocycles. The lowest BCUT2D eigenvalue weighted by molar-refractivity contribution is -0.137. The smallest absolute Gasteiger partial charge is 0.254 e. The molecule has 122 valence electrons. The molecular weight excluding hydrogens is 294 g/mol. The normalized spacial score (nSPS) is 19.7. The number of hydrogen-bond acceptors (Lipinski definition) is 4. The summed E-state index contributed by atoms with van der Waals surface area (Å²) >= 11 is 0. The summed E-state index contributed by atoms with van der Waals surface area (Å²) in [5, 5.41) is 7.20. The van der Waals surface area contributed by atoms with E-state index < -0.39 is 5.79 Å². The molecule has 0 radical (unpaired) electrons. The van der Waals surface area contributed by atoms with Crippen molar-refractivity contribution in [1.29, 1.82) is 0 Å². The number of nitrogens with zero attached hydrogens (tertiary/aromatic N) is 2. The van der Waals surface area contributed by atoms with Crippen molar-refractivity contribution < 1.29 is 14.3 Å². The first-order valence-electron chi connectivity index (χ1n) is 7.66. The summed E-state index contributed by atoms with van der Waals surface area (Å²) in [6, 6.07) is 9.73. The van der Waals surface area contributed by atoms with Crippen molar-refractivity contribution in [3.8, 4) is 5.69 Å². The summed E-state index contributed by atoms with van der Waals surface area (Å²) < 4.78 is 12.9. The standard InChI is InChI=1S/C17H21N3O3/c1-12-15(10-19-20(12)13-7-5-4-6-8-13)16(21)18-9-14-11-22-17(2,3)23-14/h4-8,10,14H,9,11H2,1-3H3,(H,18,21). The first-order valence-corrected chi connectivity index (χ1v) is 7.66.